The van der Waals surface area contributed by atoms with E-state index in [1.165, 1.54) is 6.42 Å². The van der Waals surface area contributed by atoms with E-state index in [4.69, 9.17) is 0 Å². The van der Waals surface area contributed by atoms with E-state index < -0.39 is 29.0 Å². The Kier molecular flexibility index (Phi) is 7.24. The molecule has 0 aliphatic heterocycles. The van der Waals surface area contributed by atoms with Crippen molar-refractivity contribution in [3.8, 4) is 0 Å². The SMILES string of the molecule is C[C@@H]1[C@H](C)CCC[C@H]1NC(=O)C[NH+](C)CC(=O)Nc1ccc(F)c(F)c1F. The van der Waals surface area contributed by atoms with Crippen molar-refractivity contribution >= 4 is 17.5 Å². The average molecular weight is 386 g/mol. The van der Waals surface area contributed by atoms with E-state index in [2.05, 4.69) is 24.5 Å². The van der Waals surface area contributed by atoms with E-state index >= 15 is 0 Å². The minimum absolute atomic E-state index is 0.0886. The van der Waals surface area contributed by atoms with Gasteiger partial charge in [-0.25, -0.2) is 13.2 Å². The molecular weight excluding hydrogens is 359 g/mol. The van der Waals surface area contributed by atoms with E-state index in [0.29, 0.717) is 16.7 Å². The van der Waals surface area contributed by atoms with Crippen molar-refractivity contribution in [1.29, 1.82) is 0 Å². The highest BCUT2D eigenvalue weighted by atomic mass is 19.2. The molecule has 27 heavy (non-hydrogen) atoms. The molecule has 1 aromatic rings. The van der Waals surface area contributed by atoms with Crippen LogP contribution in [0.1, 0.15) is 33.1 Å². The lowest BCUT2D eigenvalue weighted by Gasteiger charge is -2.34. The van der Waals surface area contributed by atoms with Crippen molar-refractivity contribution < 1.29 is 27.7 Å². The zero-order valence-corrected chi connectivity index (χ0v) is 15.9. The second-order valence-corrected chi connectivity index (χ2v) is 7.52. The van der Waals surface area contributed by atoms with Crippen molar-refractivity contribution in [3.63, 3.8) is 0 Å². The number of carbonyl (C=O) groups is 2. The molecule has 1 unspecified atom stereocenters. The van der Waals surface area contributed by atoms with Gasteiger partial charge < -0.3 is 15.5 Å². The number of benzene rings is 1. The molecule has 1 saturated carbocycles. The number of carbonyl (C=O) groups excluding carboxylic acids is 2. The number of nitrogens with one attached hydrogen (secondary N) is 3. The predicted molar refractivity (Wildman–Crippen MR) is 95.7 cm³/mol. The van der Waals surface area contributed by atoms with Gasteiger partial charge in [-0.2, -0.15) is 0 Å². The smallest absolute Gasteiger partial charge is 0.279 e. The minimum atomic E-state index is -1.64. The van der Waals surface area contributed by atoms with Crippen molar-refractivity contribution in [2.45, 2.75) is 39.2 Å². The quantitative estimate of drug-likeness (QED) is 0.649. The van der Waals surface area contributed by atoms with Crippen LogP contribution in [-0.2, 0) is 9.59 Å². The van der Waals surface area contributed by atoms with Gasteiger partial charge in [-0.3, -0.25) is 9.59 Å². The molecule has 0 saturated heterocycles. The number of anilines is 1. The van der Waals surface area contributed by atoms with Gasteiger partial charge in [0.2, 0.25) is 0 Å². The van der Waals surface area contributed by atoms with Crippen LogP contribution < -0.4 is 15.5 Å². The molecule has 5 nitrogen and oxygen atoms in total. The summed E-state index contributed by atoms with van der Waals surface area (Å²) in [4.78, 5) is 24.8. The van der Waals surface area contributed by atoms with Crippen LogP contribution in [0, 0.1) is 29.3 Å². The lowest BCUT2D eigenvalue weighted by Crippen LogP contribution is -3.11. The standard InChI is InChI=1S/C19H26F3N3O2/c1-11-5-4-6-14(12(11)2)23-16(26)9-25(3)10-17(27)24-15-8-7-13(20)18(21)19(15)22/h7-8,11-12,14H,4-6,9-10H2,1-3H3,(H,23,26)(H,24,27)/p+1/t11-,12-,14-/m1/s1. The molecule has 2 amide bonds. The van der Waals surface area contributed by atoms with E-state index in [1.807, 2.05) is 0 Å². The number of hydrogen-bond donors (Lipinski definition) is 3. The fourth-order valence-corrected chi connectivity index (χ4v) is 3.47. The van der Waals surface area contributed by atoms with Crippen LogP contribution in [0.5, 0.6) is 0 Å². The van der Waals surface area contributed by atoms with E-state index in [1.54, 1.807) is 7.05 Å². The first-order chi connectivity index (χ1) is 12.7. The van der Waals surface area contributed by atoms with Crippen molar-refractivity contribution in [3.05, 3.63) is 29.6 Å². The number of likely N-dealkylation sites (N-methyl/N-ethyl adjacent to an activating group) is 1. The number of amides is 2. The van der Waals surface area contributed by atoms with E-state index in [-0.39, 0.29) is 25.0 Å². The zero-order valence-electron chi connectivity index (χ0n) is 15.9. The minimum Gasteiger partial charge on any atom is -0.348 e. The Labute approximate surface area is 157 Å². The number of hydrogen-bond acceptors (Lipinski definition) is 2. The highest BCUT2D eigenvalue weighted by Crippen LogP contribution is 2.29. The van der Waals surface area contributed by atoms with Gasteiger partial charge in [0.15, 0.2) is 30.5 Å². The van der Waals surface area contributed by atoms with E-state index in [9.17, 15) is 22.8 Å². The molecule has 1 fully saturated rings. The third kappa shape index (κ3) is 5.69. The Hall–Kier alpha value is -2.09. The fraction of sp³-hybridized carbons (Fsp3) is 0.579. The molecular formula is C19H27F3N3O2+. The Bertz CT molecular complexity index is 699. The van der Waals surface area contributed by atoms with Gasteiger partial charge in [-0.05, 0) is 30.4 Å². The molecule has 8 heteroatoms. The first-order valence-corrected chi connectivity index (χ1v) is 9.23. The zero-order chi connectivity index (χ0) is 20.1. The van der Waals surface area contributed by atoms with Crippen LogP contribution in [0.15, 0.2) is 12.1 Å². The number of rotatable bonds is 6. The highest BCUT2D eigenvalue weighted by Gasteiger charge is 2.29. The maximum absolute atomic E-state index is 13.6. The molecule has 0 spiro atoms. The number of quaternary nitrogens is 1. The Morgan fingerprint density at radius 3 is 2.44 bits per heavy atom. The first-order valence-electron chi connectivity index (χ1n) is 9.23. The third-order valence-electron chi connectivity index (χ3n) is 5.29. The molecule has 4 atom stereocenters. The third-order valence-corrected chi connectivity index (χ3v) is 5.29. The average Bonchev–Trinajstić information content (AvgIpc) is 2.59. The summed E-state index contributed by atoms with van der Waals surface area (Å²) >= 11 is 0. The summed E-state index contributed by atoms with van der Waals surface area (Å²) in [5, 5.41) is 5.24. The lowest BCUT2D eigenvalue weighted by molar-refractivity contribution is -0.862. The van der Waals surface area contributed by atoms with Gasteiger partial charge >= 0.3 is 0 Å². The Morgan fingerprint density at radius 2 is 1.74 bits per heavy atom. The summed E-state index contributed by atoms with van der Waals surface area (Å²) in [7, 11) is 1.66. The van der Waals surface area contributed by atoms with Crippen LogP contribution in [0.25, 0.3) is 0 Å². The molecule has 2 rings (SSSR count). The summed E-state index contributed by atoms with van der Waals surface area (Å²) in [6.45, 7) is 4.30. The van der Waals surface area contributed by atoms with Gasteiger partial charge in [-0.1, -0.05) is 26.7 Å². The number of halogens is 3. The summed E-state index contributed by atoms with van der Waals surface area (Å²) in [6, 6.07) is 1.84. The second-order valence-electron chi connectivity index (χ2n) is 7.52. The van der Waals surface area contributed by atoms with Crippen LogP contribution in [0.2, 0.25) is 0 Å². The summed E-state index contributed by atoms with van der Waals surface area (Å²) in [6.07, 6.45) is 3.20. The maximum atomic E-state index is 13.6. The molecule has 0 radical (unpaired) electrons. The van der Waals surface area contributed by atoms with Gasteiger partial charge in [-0.15, -0.1) is 0 Å². The van der Waals surface area contributed by atoms with Crippen molar-refractivity contribution in [1.82, 2.24) is 5.32 Å². The fourth-order valence-electron chi connectivity index (χ4n) is 3.47. The van der Waals surface area contributed by atoms with Gasteiger partial charge in [0.05, 0.1) is 12.7 Å². The molecule has 0 bridgehead atoms. The van der Waals surface area contributed by atoms with Crippen LogP contribution >= 0.6 is 0 Å². The molecule has 1 aliphatic rings. The Morgan fingerprint density at radius 1 is 1.07 bits per heavy atom. The summed E-state index contributed by atoms with van der Waals surface area (Å²) in [5.74, 6) is -4.18. The topological polar surface area (TPSA) is 62.6 Å². The highest BCUT2D eigenvalue weighted by molar-refractivity contribution is 5.91. The van der Waals surface area contributed by atoms with Crippen LogP contribution in [-0.4, -0.2) is 38.0 Å². The maximum Gasteiger partial charge on any atom is 0.279 e. The van der Waals surface area contributed by atoms with E-state index in [0.717, 1.165) is 25.0 Å². The summed E-state index contributed by atoms with van der Waals surface area (Å²) < 4.78 is 39.7. The summed E-state index contributed by atoms with van der Waals surface area (Å²) in [5.41, 5.74) is -0.429. The molecule has 0 heterocycles. The van der Waals surface area contributed by atoms with Crippen molar-refractivity contribution in [2.24, 2.45) is 11.8 Å². The van der Waals surface area contributed by atoms with Crippen LogP contribution in [0.3, 0.4) is 0 Å². The van der Waals surface area contributed by atoms with Crippen LogP contribution in [0.4, 0.5) is 18.9 Å². The molecule has 0 aromatic heterocycles. The largest absolute Gasteiger partial charge is 0.348 e. The van der Waals surface area contributed by atoms with Gasteiger partial charge in [0.25, 0.3) is 11.8 Å². The molecule has 3 N–H and O–H groups in total. The predicted octanol–water partition coefficient (Wildman–Crippen LogP) is 1.50. The first kappa shape index (κ1) is 21.2. The monoisotopic (exact) mass is 386 g/mol. The molecule has 1 aromatic carbocycles. The van der Waals surface area contributed by atoms with Gasteiger partial charge in [0, 0.05) is 6.04 Å². The molecule has 1 aliphatic carbocycles. The Balaban J connectivity index is 1.82. The van der Waals surface area contributed by atoms with Crippen molar-refractivity contribution in [2.75, 3.05) is 25.5 Å². The lowest BCUT2D eigenvalue weighted by atomic mass is 9.78. The molecule has 150 valence electrons. The normalized spacial score (nSPS) is 23.6. The van der Waals surface area contributed by atoms with Gasteiger partial charge in [0.1, 0.15) is 0 Å². The second kappa shape index (κ2) is 9.21.